The van der Waals surface area contributed by atoms with Crippen molar-refractivity contribution in [3.05, 3.63) is 0 Å². The molecule has 4 nitrogen and oxygen atoms in total. The molecule has 0 radical (unpaired) electrons. The van der Waals surface area contributed by atoms with E-state index in [0.717, 1.165) is 13.0 Å². The third-order valence-electron chi connectivity index (χ3n) is 2.96. The van der Waals surface area contributed by atoms with E-state index in [1.807, 2.05) is 6.92 Å². The predicted molar refractivity (Wildman–Crippen MR) is 46.9 cm³/mol. The fourth-order valence-electron chi connectivity index (χ4n) is 2.23. The molecule has 0 bridgehead atoms. The molecule has 2 heterocycles. The second kappa shape index (κ2) is 3.10. The van der Waals surface area contributed by atoms with Crippen LogP contribution < -0.4 is 5.32 Å². The van der Waals surface area contributed by atoms with Crippen molar-refractivity contribution in [2.24, 2.45) is 11.8 Å². The molecular formula is C9H14N2O2. The number of nitrogens with one attached hydrogen (secondary N) is 1. The maximum absolute atomic E-state index is 11.7. The van der Waals surface area contributed by atoms with Gasteiger partial charge < -0.3 is 5.32 Å². The number of likely N-dealkylation sites (tertiary alicyclic amines) is 1. The molecule has 2 atom stereocenters. The average molecular weight is 182 g/mol. The molecule has 0 aromatic carbocycles. The zero-order valence-electron chi connectivity index (χ0n) is 7.75. The first-order valence-corrected chi connectivity index (χ1v) is 4.81. The van der Waals surface area contributed by atoms with Crippen LogP contribution in [-0.2, 0) is 9.59 Å². The number of fused-ring (bicyclic) bond motifs is 1. The number of nitrogens with zero attached hydrogens (tertiary/aromatic N) is 1. The summed E-state index contributed by atoms with van der Waals surface area (Å²) in [5.41, 5.74) is 0. The SMILES string of the molecule is CCN1C(=O)[C@H]2CCNC[C@@H]2C1=O. The number of imide groups is 1. The first-order chi connectivity index (χ1) is 6.25. The number of piperidine rings is 1. The van der Waals surface area contributed by atoms with Crippen LogP contribution in [0, 0.1) is 11.8 Å². The topological polar surface area (TPSA) is 49.4 Å². The molecule has 13 heavy (non-hydrogen) atoms. The number of carbonyl (C=O) groups is 2. The molecule has 2 aliphatic heterocycles. The van der Waals surface area contributed by atoms with Gasteiger partial charge in [-0.25, -0.2) is 0 Å². The van der Waals surface area contributed by atoms with Gasteiger partial charge in [-0.05, 0) is 19.9 Å². The number of amides is 2. The van der Waals surface area contributed by atoms with Crippen molar-refractivity contribution in [2.45, 2.75) is 13.3 Å². The van der Waals surface area contributed by atoms with E-state index >= 15 is 0 Å². The van der Waals surface area contributed by atoms with Crippen LogP contribution in [0.15, 0.2) is 0 Å². The van der Waals surface area contributed by atoms with Gasteiger partial charge in [0.15, 0.2) is 0 Å². The van der Waals surface area contributed by atoms with Gasteiger partial charge >= 0.3 is 0 Å². The summed E-state index contributed by atoms with van der Waals surface area (Å²) in [4.78, 5) is 24.7. The highest BCUT2D eigenvalue weighted by atomic mass is 16.2. The van der Waals surface area contributed by atoms with Crippen LogP contribution in [0.4, 0.5) is 0 Å². The van der Waals surface area contributed by atoms with Gasteiger partial charge in [-0.3, -0.25) is 14.5 Å². The Bertz CT molecular complexity index is 228. The van der Waals surface area contributed by atoms with Crippen molar-refractivity contribution < 1.29 is 9.59 Å². The molecule has 1 N–H and O–H groups in total. The Labute approximate surface area is 77.3 Å². The maximum atomic E-state index is 11.7. The quantitative estimate of drug-likeness (QED) is 0.561. The molecule has 0 aromatic heterocycles. The zero-order chi connectivity index (χ0) is 9.42. The average Bonchev–Trinajstić information content (AvgIpc) is 2.41. The van der Waals surface area contributed by atoms with Crippen LogP contribution in [0.25, 0.3) is 0 Å². The Hall–Kier alpha value is -0.900. The van der Waals surface area contributed by atoms with Crippen molar-refractivity contribution in [3.63, 3.8) is 0 Å². The van der Waals surface area contributed by atoms with E-state index in [9.17, 15) is 9.59 Å². The Morgan fingerprint density at radius 1 is 1.38 bits per heavy atom. The van der Waals surface area contributed by atoms with Crippen LogP contribution in [0.1, 0.15) is 13.3 Å². The number of rotatable bonds is 1. The van der Waals surface area contributed by atoms with E-state index in [0.29, 0.717) is 13.1 Å². The summed E-state index contributed by atoms with van der Waals surface area (Å²) in [7, 11) is 0. The van der Waals surface area contributed by atoms with E-state index < -0.39 is 0 Å². The van der Waals surface area contributed by atoms with Gasteiger partial charge in [-0.1, -0.05) is 0 Å². The minimum absolute atomic E-state index is 0.0182. The van der Waals surface area contributed by atoms with E-state index in [-0.39, 0.29) is 23.7 Å². The lowest BCUT2D eigenvalue weighted by Crippen LogP contribution is -2.38. The molecule has 2 rings (SSSR count). The number of hydrogen-bond acceptors (Lipinski definition) is 3. The van der Waals surface area contributed by atoms with E-state index in [4.69, 9.17) is 0 Å². The van der Waals surface area contributed by atoms with Gasteiger partial charge in [-0.15, -0.1) is 0 Å². The molecule has 0 saturated carbocycles. The van der Waals surface area contributed by atoms with Gasteiger partial charge in [0, 0.05) is 13.1 Å². The first kappa shape index (κ1) is 8.69. The van der Waals surface area contributed by atoms with Crippen molar-refractivity contribution >= 4 is 11.8 Å². The standard InChI is InChI=1S/C9H14N2O2/c1-2-11-8(12)6-3-4-10-5-7(6)9(11)13/h6-7,10H,2-5H2,1H3/t6-,7-/m0/s1. The summed E-state index contributed by atoms with van der Waals surface area (Å²) >= 11 is 0. The van der Waals surface area contributed by atoms with Gasteiger partial charge in [0.25, 0.3) is 0 Å². The lowest BCUT2D eigenvalue weighted by molar-refractivity contribution is -0.139. The van der Waals surface area contributed by atoms with Gasteiger partial charge in [0.05, 0.1) is 11.8 Å². The van der Waals surface area contributed by atoms with E-state index in [2.05, 4.69) is 5.32 Å². The summed E-state index contributed by atoms with van der Waals surface area (Å²) in [5.74, 6) is -0.0569. The largest absolute Gasteiger partial charge is 0.316 e. The smallest absolute Gasteiger partial charge is 0.234 e. The molecule has 72 valence electrons. The normalized spacial score (nSPS) is 33.8. The summed E-state index contributed by atoms with van der Waals surface area (Å²) in [6.45, 7) is 3.90. The fraction of sp³-hybridized carbons (Fsp3) is 0.778. The van der Waals surface area contributed by atoms with Gasteiger partial charge in [0.2, 0.25) is 11.8 Å². The highest BCUT2D eigenvalue weighted by Gasteiger charge is 2.47. The number of carbonyl (C=O) groups excluding carboxylic acids is 2. The lowest BCUT2D eigenvalue weighted by atomic mass is 9.89. The van der Waals surface area contributed by atoms with E-state index in [1.54, 1.807) is 0 Å². The molecule has 2 aliphatic rings. The third-order valence-corrected chi connectivity index (χ3v) is 2.96. The maximum Gasteiger partial charge on any atom is 0.234 e. The van der Waals surface area contributed by atoms with Crippen molar-refractivity contribution in [2.75, 3.05) is 19.6 Å². The minimum atomic E-state index is -0.0822. The molecule has 0 unspecified atom stereocenters. The molecular weight excluding hydrogens is 168 g/mol. The fourth-order valence-corrected chi connectivity index (χ4v) is 2.23. The van der Waals surface area contributed by atoms with Crippen molar-refractivity contribution in [3.8, 4) is 0 Å². The molecule has 2 fully saturated rings. The Balaban J connectivity index is 2.22. The summed E-state index contributed by atoms with van der Waals surface area (Å²) < 4.78 is 0. The summed E-state index contributed by atoms with van der Waals surface area (Å²) in [6, 6.07) is 0. The second-order valence-corrected chi connectivity index (χ2v) is 3.63. The summed E-state index contributed by atoms with van der Waals surface area (Å²) in [6.07, 6.45) is 0.811. The van der Waals surface area contributed by atoms with Crippen molar-refractivity contribution in [1.82, 2.24) is 10.2 Å². The highest BCUT2D eigenvalue weighted by Crippen LogP contribution is 2.30. The zero-order valence-corrected chi connectivity index (χ0v) is 7.75. The molecule has 0 aliphatic carbocycles. The van der Waals surface area contributed by atoms with E-state index in [1.165, 1.54) is 4.90 Å². The molecule has 4 heteroatoms. The molecule has 2 saturated heterocycles. The number of hydrogen-bond donors (Lipinski definition) is 1. The van der Waals surface area contributed by atoms with Gasteiger partial charge in [0.1, 0.15) is 0 Å². The Morgan fingerprint density at radius 3 is 2.69 bits per heavy atom. The highest BCUT2D eigenvalue weighted by molar-refractivity contribution is 6.05. The Kier molecular flexibility index (Phi) is 2.07. The lowest BCUT2D eigenvalue weighted by Gasteiger charge is -2.21. The van der Waals surface area contributed by atoms with Crippen molar-refractivity contribution in [1.29, 1.82) is 0 Å². The molecule has 2 amide bonds. The molecule has 0 spiro atoms. The minimum Gasteiger partial charge on any atom is -0.316 e. The molecule has 0 aromatic rings. The predicted octanol–water partition coefficient (Wildman–Crippen LogP) is -0.399. The first-order valence-electron chi connectivity index (χ1n) is 4.81. The Morgan fingerprint density at radius 2 is 2.08 bits per heavy atom. The van der Waals surface area contributed by atoms with Crippen LogP contribution >= 0.6 is 0 Å². The third kappa shape index (κ3) is 1.16. The van der Waals surface area contributed by atoms with Crippen LogP contribution in [0.3, 0.4) is 0 Å². The summed E-state index contributed by atoms with van der Waals surface area (Å²) in [5, 5.41) is 3.15. The monoisotopic (exact) mass is 182 g/mol. The van der Waals surface area contributed by atoms with Crippen LogP contribution in [-0.4, -0.2) is 36.3 Å². The van der Waals surface area contributed by atoms with Crippen LogP contribution in [0.2, 0.25) is 0 Å². The van der Waals surface area contributed by atoms with Gasteiger partial charge in [-0.2, -0.15) is 0 Å². The second-order valence-electron chi connectivity index (χ2n) is 3.63. The van der Waals surface area contributed by atoms with Crippen LogP contribution in [0.5, 0.6) is 0 Å².